The summed E-state index contributed by atoms with van der Waals surface area (Å²) in [6, 6.07) is 0. The number of nitrogens with zero attached hydrogens (tertiary/aromatic N) is 3. The van der Waals surface area contributed by atoms with Crippen molar-refractivity contribution >= 4 is 5.84 Å². The molecule has 0 bridgehead atoms. The van der Waals surface area contributed by atoms with E-state index in [1.165, 1.54) is 0 Å². The van der Waals surface area contributed by atoms with Crippen LogP contribution in [0.25, 0.3) is 0 Å². The van der Waals surface area contributed by atoms with Gasteiger partial charge < -0.3 is 5.73 Å². The van der Waals surface area contributed by atoms with Gasteiger partial charge in [0.1, 0.15) is 11.4 Å². The lowest BCUT2D eigenvalue weighted by Gasteiger charge is -1.89. The van der Waals surface area contributed by atoms with Crippen LogP contribution in [0, 0.1) is 6.92 Å². The predicted molar refractivity (Wildman–Crippen MR) is 40.0 cm³/mol. The van der Waals surface area contributed by atoms with Gasteiger partial charge in [0.2, 0.25) is 0 Å². The Morgan fingerprint density at radius 3 is 2.82 bits per heavy atom. The Morgan fingerprint density at radius 2 is 2.36 bits per heavy atom. The maximum Gasteiger partial charge on any atom is 0.129 e. The zero-order chi connectivity index (χ0) is 8.27. The molecule has 0 saturated heterocycles. The first-order chi connectivity index (χ1) is 5.20. The van der Waals surface area contributed by atoms with Crippen molar-refractivity contribution in [1.82, 2.24) is 10.3 Å². The number of nitrogens with two attached hydrogens (primary N) is 1. The second-order valence-corrected chi connectivity index (χ2v) is 2.25. The summed E-state index contributed by atoms with van der Waals surface area (Å²) in [6.07, 6.45) is 0. The van der Waals surface area contributed by atoms with Crippen LogP contribution in [0.1, 0.15) is 18.3 Å². The normalized spacial score (nSPS) is 12.0. The van der Waals surface area contributed by atoms with E-state index in [-0.39, 0.29) is 0 Å². The maximum atomic E-state index is 5.33. The second-order valence-electron chi connectivity index (χ2n) is 2.25. The third kappa shape index (κ3) is 2.03. The summed E-state index contributed by atoms with van der Waals surface area (Å²) >= 11 is 0. The Morgan fingerprint density at radius 1 is 1.64 bits per heavy atom. The lowest BCUT2D eigenvalue weighted by atomic mass is 10.3. The zero-order valence-electron chi connectivity index (χ0n) is 6.53. The molecule has 0 unspecified atom stereocenters. The Kier molecular flexibility index (Phi) is 2.20. The number of rotatable bonds is 2. The van der Waals surface area contributed by atoms with Gasteiger partial charge in [-0.05, 0) is 13.8 Å². The molecule has 0 aliphatic heterocycles. The number of hydrogen-bond acceptors (Lipinski definition) is 4. The fourth-order valence-corrected chi connectivity index (χ4v) is 0.593. The van der Waals surface area contributed by atoms with Crippen molar-refractivity contribution in [3.8, 4) is 0 Å². The molecule has 11 heavy (non-hydrogen) atoms. The topological polar surface area (TPSA) is 77.3 Å². The monoisotopic (exact) mass is 154 g/mol. The van der Waals surface area contributed by atoms with Crippen molar-refractivity contribution in [3.05, 3.63) is 11.4 Å². The minimum absolute atomic E-state index is 0.442. The largest absolute Gasteiger partial charge is 0.388 e. The summed E-state index contributed by atoms with van der Waals surface area (Å²) < 4.78 is 4.47. The van der Waals surface area contributed by atoms with Crippen LogP contribution in [0.5, 0.6) is 0 Å². The summed E-state index contributed by atoms with van der Waals surface area (Å²) in [5.74, 6) is 0.535. The molecule has 0 radical (unpaired) electrons. The maximum absolute atomic E-state index is 5.33. The average Bonchev–Trinajstić information content (AvgIpc) is 2.31. The molecular formula is C6H10N4O. The molecule has 1 aromatic rings. The van der Waals surface area contributed by atoms with E-state index in [4.69, 9.17) is 5.73 Å². The van der Waals surface area contributed by atoms with Crippen molar-refractivity contribution < 1.29 is 4.63 Å². The minimum atomic E-state index is 0.442. The van der Waals surface area contributed by atoms with Crippen LogP contribution < -0.4 is 5.73 Å². The molecule has 0 aromatic carbocycles. The van der Waals surface area contributed by atoms with Crippen LogP contribution in [0.4, 0.5) is 0 Å². The fourth-order valence-electron chi connectivity index (χ4n) is 0.593. The van der Waals surface area contributed by atoms with E-state index in [2.05, 4.69) is 19.9 Å². The number of amidine groups is 1. The first-order valence-corrected chi connectivity index (χ1v) is 3.24. The Labute approximate surface area is 64.3 Å². The van der Waals surface area contributed by atoms with Gasteiger partial charge in [0.05, 0.1) is 12.4 Å². The number of hydrogen-bond donors (Lipinski definition) is 1. The van der Waals surface area contributed by atoms with E-state index in [1.54, 1.807) is 6.92 Å². The fraction of sp³-hybridized carbons (Fsp3) is 0.500. The summed E-state index contributed by atoms with van der Waals surface area (Å²) in [4.78, 5) is 3.96. The molecule has 0 aliphatic carbocycles. The van der Waals surface area contributed by atoms with Crippen LogP contribution in [0.2, 0.25) is 0 Å². The second kappa shape index (κ2) is 3.14. The molecule has 0 spiro atoms. The minimum Gasteiger partial charge on any atom is -0.388 e. The highest BCUT2D eigenvalue weighted by Crippen LogP contribution is 2.01. The van der Waals surface area contributed by atoms with Crippen molar-refractivity contribution in [3.63, 3.8) is 0 Å². The summed E-state index contributed by atoms with van der Waals surface area (Å²) in [6.45, 7) is 3.98. The molecule has 0 fully saturated rings. The first-order valence-electron chi connectivity index (χ1n) is 3.24. The first kappa shape index (κ1) is 7.71. The number of aromatic nitrogens is 2. The van der Waals surface area contributed by atoms with Crippen LogP contribution >= 0.6 is 0 Å². The predicted octanol–water partition coefficient (Wildman–Crippen LogP) is 0.255. The molecule has 0 amide bonds. The quantitative estimate of drug-likeness (QED) is 0.489. The van der Waals surface area contributed by atoms with Crippen LogP contribution in [-0.4, -0.2) is 16.1 Å². The molecule has 5 nitrogen and oxygen atoms in total. The highest BCUT2D eigenvalue weighted by Gasteiger charge is 2.02. The lowest BCUT2D eigenvalue weighted by Crippen LogP contribution is -2.05. The Balaban J connectivity index is 2.65. The van der Waals surface area contributed by atoms with Gasteiger partial charge in [0.15, 0.2) is 0 Å². The summed E-state index contributed by atoms with van der Waals surface area (Å²) in [7, 11) is 0. The molecule has 0 aliphatic rings. The van der Waals surface area contributed by atoms with Gasteiger partial charge in [-0.2, -0.15) is 0 Å². The highest BCUT2D eigenvalue weighted by molar-refractivity contribution is 5.77. The van der Waals surface area contributed by atoms with Crippen molar-refractivity contribution in [2.45, 2.75) is 20.4 Å². The SMILES string of the molecule is CC(N)=NCc1nonc1C. The Bertz CT molecular complexity index is 261. The van der Waals surface area contributed by atoms with E-state index < -0.39 is 0 Å². The third-order valence-corrected chi connectivity index (χ3v) is 1.22. The van der Waals surface area contributed by atoms with Gasteiger partial charge in [-0.15, -0.1) is 0 Å². The van der Waals surface area contributed by atoms with Crippen molar-refractivity contribution in [1.29, 1.82) is 0 Å². The van der Waals surface area contributed by atoms with E-state index >= 15 is 0 Å². The molecule has 60 valence electrons. The average molecular weight is 154 g/mol. The zero-order valence-corrected chi connectivity index (χ0v) is 6.53. The van der Waals surface area contributed by atoms with E-state index in [9.17, 15) is 0 Å². The van der Waals surface area contributed by atoms with Crippen LogP contribution in [0.15, 0.2) is 9.62 Å². The summed E-state index contributed by atoms with van der Waals surface area (Å²) in [5, 5.41) is 7.24. The summed E-state index contributed by atoms with van der Waals surface area (Å²) in [5.41, 5.74) is 6.82. The molecule has 1 aromatic heterocycles. The lowest BCUT2D eigenvalue weighted by molar-refractivity contribution is 0.301. The van der Waals surface area contributed by atoms with E-state index in [0.29, 0.717) is 12.4 Å². The van der Waals surface area contributed by atoms with E-state index in [0.717, 1.165) is 11.4 Å². The van der Waals surface area contributed by atoms with Crippen molar-refractivity contribution in [2.24, 2.45) is 10.7 Å². The third-order valence-electron chi connectivity index (χ3n) is 1.22. The van der Waals surface area contributed by atoms with Gasteiger partial charge in [-0.25, -0.2) is 4.63 Å². The van der Waals surface area contributed by atoms with Crippen LogP contribution in [0.3, 0.4) is 0 Å². The standard InChI is InChI=1S/C6H10N4O/c1-4-6(10-11-9-4)3-8-5(2)7/h3H2,1-2H3,(H2,7,8). The number of aliphatic imine (C=N–C) groups is 1. The highest BCUT2D eigenvalue weighted by atomic mass is 16.6. The van der Waals surface area contributed by atoms with Crippen LogP contribution in [-0.2, 0) is 6.54 Å². The number of aryl methyl sites for hydroxylation is 1. The molecule has 5 heteroatoms. The van der Waals surface area contributed by atoms with Gasteiger partial charge >= 0.3 is 0 Å². The van der Waals surface area contributed by atoms with Gasteiger partial charge in [0.25, 0.3) is 0 Å². The van der Waals surface area contributed by atoms with Gasteiger partial charge in [-0.3, -0.25) is 4.99 Å². The Hall–Kier alpha value is -1.39. The molecule has 2 N–H and O–H groups in total. The molecule has 0 saturated carbocycles. The van der Waals surface area contributed by atoms with Gasteiger partial charge in [0, 0.05) is 0 Å². The smallest absolute Gasteiger partial charge is 0.129 e. The molecule has 1 rings (SSSR count). The van der Waals surface area contributed by atoms with E-state index in [1.807, 2.05) is 6.92 Å². The molecular weight excluding hydrogens is 144 g/mol. The molecule has 0 atom stereocenters. The van der Waals surface area contributed by atoms with Crippen molar-refractivity contribution in [2.75, 3.05) is 0 Å². The van der Waals surface area contributed by atoms with Gasteiger partial charge in [-0.1, -0.05) is 10.3 Å². The molecule has 1 heterocycles.